The summed E-state index contributed by atoms with van der Waals surface area (Å²) in [6.07, 6.45) is 5.57. The molecule has 1 amide bonds. The number of hydrogen-bond donors (Lipinski definition) is 2. The second kappa shape index (κ2) is 7.75. The molecule has 2 aliphatic rings. The Bertz CT molecular complexity index is 465. The van der Waals surface area contributed by atoms with Crippen LogP contribution >= 0.6 is 0 Å². The lowest BCUT2D eigenvalue weighted by Gasteiger charge is -2.28. The highest BCUT2D eigenvalue weighted by atomic mass is 16.5. The number of nitrogens with one attached hydrogen (secondary N) is 2. The van der Waals surface area contributed by atoms with Crippen molar-refractivity contribution in [1.29, 1.82) is 0 Å². The number of carbonyl (C=O) groups is 1. The number of carbonyl (C=O) groups excluding carboxylic acids is 1. The van der Waals surface area contributed by atoms with Gasteiger partial charge in [0.05, 0.1) is 13.2 Å². The molecule has 2 N–H and O–H groups in total. The maximum Gasteiger partial charge on any atom is 0.220 e. The van der Waals surface area contributed by atoms with Gasteiger partial charge in [0, 0.05) is 25.0 Å². The summed E-state index contributed by atoms with van der Waals surface area (Å²) in [5, 5.41) is 6.60. The van der Waals surface area contributed by atoms with Gasteiger partial charge in [0.15, 0.2) is 0 Å². The number of fused-ring (bicyclic) bond motifs is 2. The van der Waals surface area contributed by atoms with E-state index in [-0.39, 0.29) is 5.91 Å². The van der Waals surface area contributed by atoms with Crippen molar-refractivity contribution in [3.8, 4) is 0 Å². The molecule has 2 atom stereocenters. The van der Waals surface area contributed by atoms with Crippen LogP contribution in [0, 0.1) is 5.92 Å². The fourth-order valence-corrected chi connectivity index (χ4v) is 3.70. The third kappa shape index (κ3) is 4.55. The van der Waals surface area contributed by atoms with E-state index < -0.39 is 0 Å². The number of benzene rings is 1. The van der Waals surface area contributed by atoms with Gasteiger partial charge in [-0.1, -0.05) is 30.3 Å². The van der Waals surface area contributed by atoms with Gasteiger partial charge in [-0.05, 0) is 37.2 Å². The molecule has 4 nitrogen and oxygen atoms in total. The first-order valence-corrected chi connectivity index (χ1v) is 8.44. The van der Waals surface area contributed by atoms with Gasteiger partial charge in [-0.25, -0.2) is 0 Å². The Morgan fingerprint density at radius 1 is 1.18 bits per heavy atom. The molecule has 2 unspecified atom stereocenters. The van der Waals surface area contributed by atoms with Gasteiger partial charge in [0.1, 0.15) is 0 Å². The SMILES string of the molecule is O=C(CC1CC2CCC(C1)N2)NCCOCc1ccccc1. The van der Waals surface area contributed by atoms with Crippen molar-refractivity contribution >= 4 is 5.91 Å². The second-order valence-corrected chi connectivity index (χ2v) is 6.57. The molecule has 1 aromatic rings. The summed E-state index contributed by atoms with van der Waals surface area (Å²) in [6.45, 7) is 1.77. The van der Waals surface area contributed by atoms with Crippen LogP contribution in [-0.2, 0) is 16.1 Å². The lowest BCUT2D eigenvalue weighted by atomic mass is 9.89. The zero-order valence-electron chi connectivity index (χ0n) is 13.1. The molecule has 0 spiro atoms. The molecule has 22 heavy (non-hydrogen) atoms. The van der Waals surface area contributed by atoms with Crippen molar-refractivity contribution in [2.45, 2.75) is 50.8 Å². The molecule has 0 saturated carbocycles. The summed E-state index contributed by atoms with van der Waals surface area (Å²) in [7, 11) is 0. The normalized spacial score (nSPS) is 26.8. The zero-order valence-corrected chi connectivity index (χ0v) is 13.1. The molecular weight excluding hydrogens is 276 g/mol. The smallest absolute Gasteiger partial charge is 0.220 e. The molecule has 0 aromatic heterocycles. The third-order valence-corrected chi connectivity index (χ3v) is 4.72. The van der Waals surface area contributed by atoms with Crippen LogP contribution in [0.4, 0.5) is 0 Å². The van der Waals surface area contributed by atoms with Crippen molar-refractivity contribution in [2.75, 3.05) is 13.2 Å². The molecule has 2 aliphatic heterocycles. The van der Waals surface area contributed by atoms with Gasteiger partial charge >= 0.3 is 0 Å². The van der Waals surface area contributed by atoms with E-state index in [1.807, 2.05) is 30.3 Å². The highest BCUT2D eigenvalue weighted by Gasteiger charge is 2.33. The lowest BCUT2D eigenvalue weighted by molar-refractivity contribution is -0.122. The van der Waals surface area contributed by atoms with Crippen molar-refractivity contribution in [3.63, 3.8) is 0 Å². The minimum Gasteiger partial charge on any atom is -0.375 e. The van der Waals surface area contributed by atoms with Crippen molar-refractivity contribution in [2.24, 2.45) is 5.92 Å². The van der Waals surface area contributed by atoms with Crippen LogP contribution in [0.15, 0.2) is 30.3 Å². The van der Waals surface area contributed by atoms with Gasteiger partial charge in [0.2, 0.25) is 5.91 Å². The quantitative estimate of drug-likeness (QED) is 0.760. The summed E-state index contributed by atoms with van der Waals surface area (Å²) < 4.78 is 5.58. The van der Waals surface area contributed by atoms with Crippen LogP contribution in [0.1, 0.15) is 37.7 Å². The van der Waals surface area contributed by atoms with Crippen LogP contribution in [0.5, 0.6) is 0 Å². The average Bonchev–Trinajstić information content (AvgIpc) is 2.87. The van der Waals surface area contributed by atoms with E-state index in [1.54, 1.807) is 0 Å². The first-order valence-electron chi connectivity index (χ1n) is 8.44. The van der Waals surface area contributed by atoms with Gasteiger partial charge < -0.3 is 15.4 Å². The standard InChI is InChI=1S/C18H26N2O2/c21-18(12-15-10-16-6-7-17(11-15)20-16)19-8-9-22-13-14-4-2-1-3-5-14/h1-5,15-17,20H,6-13H2,(H,19,21). The lowest BCUT2D eigenvalue weighted by Crippen LogP contribution is -2.40. The largest absolute Gasteiger partial charge is 0.375 e. The van der Waals surface area contributed by atoms with Crippen molar-refractivity contribution in [1.82, 2.24) is 10.6 Å². The second-order valence-electron chi connectivity index (χ2n) is 6.57. The Morgan fingerprint density at radius 2 is 1.91 bits per heavy atom. The summed E-state index contributed by atoms with van der Waals surface area (Å²) in [5.41, 5.74) is 1.17. The molecule has 3 rings (SSSR count). The first kappa shape index (κ1) is 15.5. The van der Waals surface area contributed by atoms with Gasteiger partial charge in [0.25, 0.3) is 0 Å². The van der Waals surface area contributed by atoms with E-state index in [1.165, 1.54) is 18.4 Å². The number of amides is 1. The molecular formula is C18H26N2O2. The van der Waals surface area contributed by atoms with E-state index in [2.05, 4.69) is 10.6 Å². The maximum absolute atomic E-state index is 12.0. The highest BCUT2D eigenvalue weighted by Crippen LogP contribution is 2.32. The number of piperidine rings is 1. The van der Waals surface area contributed by atoms with E-state index >= 15 is 0 Å². The van der Waals surface area contributed by atoms with E-state index in [0.29, 0.717) is 44.2 Å². The Hall–Kier alpha value is -1.39. The molecule has 120 valence electrons. The van der Waals surface area contributed by atoms with E-state index in [0.717, 1.165) is 12.8 Å². The van der Waals surface area contributed by atoms with Crippen molar-refractivity contribution < 1.29 is 9.53 Å². The van der Waals surface area contributed by atoms with Crippen LogP contribution in [0.25, 0.3) is 0 Å². The summed E-state index contributed by atoms with van der Waals surface area (Å²) in [4.78, 5) is 12.0. The number of rotatable bonds is 7. The summed E-state index contributed by atoms with van der Waals surface area (Å²) in [5.74, 6) is 0.735. The zero-order chi connectivity index (χ0) is 15.2. The van der Waals surface area contributed by atoms with Crippen LogP contribution < -0.4 is 10.6 Å². The Balaban J connectivity index is 1.27. The average molecular weight is 302 g/mol. The topological polar surface area (TPSA) is 50.4 Å². The third-order valence-electron chi connectivity index (χ3n) is 4.72. The predicted molar refractivity (Wildman–Crippen MR) is 86.4 cm³/mol. The Morgan fingerprint density at radius 3 is 2.64 bits per heavy atom. The molecule has 2 heterocycles. The molecule has 2 bridgehead atoms. The van der Waals surface area contributed by atoms with E-state index in [4.69, 9.17) is 4.74 Å². The summed E-state index contributed by atoms with van der Waals surface area (Å²) >= 11 is 0. The molecule has 2 saturated heterocycles. The highest BCUT2D eigenvalue weighted by molar-refractivity contribution is 5.76. The fraction of sp³-hybridized carbons (Fsp3) is 0.611. The van der Waals surface area contributed by atoms with E-state index in [9.17, 15) is 4.79 Å². The minimum atomic E-state index is 0.176. The molecule has 1 aromatic carbocycles. The number of hydrogen-bond acceptors (Lipinski definition) is 3. The monoisotopic (exact) mass is 302 g/mol. The fourth-order valence-electron chi connectivity index (χ4n) is 3.70. The first-order chi connectivity index (χ1) is 10.8. The van der Waals surface area contributed by atoms with Gasteiger partial charge in [-0.3, -0.25) is 4.79 Å². The maximum atomic E-state index is 12.0. The van der Waals surface area contributed by atoms with Gasteiger partial charge in [-0.2, -0.15) is 0 Å². The molecule has 2 fully saturated rings. The minimum absolute atomic E-state index is 0.176. The summed E-state index contributed by atoms with van der Waals surface area (Å²) in [6, 6.07) is 11.4. The molecule has 0 radical (unpaired) electrons. The van der Waals surface area contributed by atoms with Gasteiger partial charge in [-0.15, -0.1) is 0 Å². The van der Waals surface area contributed by atoms with Crippen molar-refractivity contribution in [3.05, 3.63) is 35.9 Å². The Labute approximate surface area is 132 Å². The molecule has 0 aliphatic carbocycles. The van der Waals surface area contributed by atoms with Crippen LogP contribution in [0.2, 0.25) is 0 Å². The molecule has 4 heteroatoms. The van der Waals surface area contributed by atoms with Crippen LogP contribution in [0.3, 0.4) is 0 Å². The Kier molecular flexibility index (Phi) is 5.46. The number of ether oxygens (including phenoxy) is 1. The predicted octanol–water partition coefficient (Wildman–Crippen LogP) is 2.24. The van der Waals surface area contributed by atoms with Crippen LogP contribution in [-0.4, -0.2) is 31.1 Å².